The van der Waals surface area contributed by atoms with E-state index in [2.05, 4.69) is 70.5 Å². The van der Waals surface area contributed by atoms with Crippen molar-refractivity contribution in [2.75, 3.05) is 101 Å². The van der Waals surface area contributed by atoms with Crippen molar-refractivity contribution in [3.05, 3.63) is 48.3 Å². The van der Waals surface area contributed by atoms with Crippen molar-refractivity contribution in [2.45, 2.75) is 84.0 Å². The molecule has 6 saturated heterocycles. The lowest BCUT2D eigenvalue weighted by Gasteiger charge is -2.48. The maximum Gasteiger partial charge on any atom is 0.225 e. The lowest BCUT2D eigenvalue weighted by Crippen LogP contribution is -2.48. The largest absolute Gasteiger partial charge is 0.371 e. The van der Waals surface area contributed by atoms with Crippen LogP contribution in [0.3, 0.4) is 0 Å². The van der Waals surface area contributed by atoms with Crippen LogP contribution in [0.2, 0.25) is 0 Å². The summed E-state index contributed by atoms with van der Waals surface area (Å²) in [7, 11) is 0. The van der Waals surface area contributed by atoms with Crippen LogP contribution < -0.4 is 20.4 Å². The molecule has 0 bridgehead atoms. The van der Waals surface area contributed by atoms with Crippen LogP contribution in [-0.2, 0) is 0 Å². The van der Waals surface area contributed by atoms with Gasteiger partial charge in [0.25, 0.3) is 0 Å². The first-order valence-corrected chi connectivity index (χ1v) is 20.3. The molecule has 1 aromatic carbocycles. The summed E-state index contributed by atoms with van der Waals surface area (Å²) in [4.78, 5) is 19.5. The predicted molar refractivity (Wildman–Crippen MR) is 204 cm³/mol. The summed E-state index contributed by atoms with van der Waals surface area (Å²) in [6.07, 6.45) is 20.4. The van der Waals surface area contributed by atoms with E-state index in [0.29, 0.717) is 10.8 Å². The Hall–Kier alpha value is -2.26. The summed E-state index contributed by atoms with van der Waals surface area (Å²) in [6, 6.07) is 11.0. The van der Waals surface area contributed by atoms with E-state index in [1.54, 1.807) is 0 Å². The van der Waals surface area contributed by atoms with Crippen molar-refractivity contribution in [3.8, 4) is 0 Å². The molecular weight excluding hydrogens is 605 g/mol. The third-order valence-electron chi connectivity index (χ3n) is 13.6. The zero-order valence-electron chi connectivity index (χ0n) is 30.8. The smallest absolute Gasteiger partial charge is 0.225 e. The van der Waals surface area contributed by atoms with Gasteiger partial charge in [-0.3, -0.25) is 0 Å². The number of hydrogen-bond acceptors (Lipinski definition) is 8. The number of rotatable bonds is 6. The molecule has 2 aromatic rings. The second-order valence-corrected chi connectivity index (χ2v) is 16.9. The van der Waals surface area contributed by atoms with Gasteiger partial charge in [0.15, 0.2) is 0 Å². The van der Waals surface area contributed by atoms with Crippen molar-refractivity contribution in [2.24, 2.45) is 22.7 Å². The zero-order valence-corrected chi connectivity index (χ0v) is 30.8. The van der Waals surface area contributed by atoms with Crippen molar-refractivity contribution in [1.82, 2.24) is 30.4 Å². The van der Waals surface area contributed by atoms with E-state index in [-0.39, 0.29) is 0 Å². The average molecular weight is 671 g/mol. The number of para-hydroxylation sites is 1. The molecule has 0 unspecified atom stereocenters. The number of hydrogen-bond donors (Lipinski definition) is 2. The summed E-state index contributed by atoms with van der Waals surface area (Å²) >= 11 is 0. The SMILES string of the molecule is Cc1cnc(N2CCC3(CCN(CC4CCNCC4)CC3)CC2)nc1.c1ccc(N2CCC3(CCN(CC4CCNCC4)CC3)CC2)cc1. The van der Waals surface area contributed by atoms with Gasteiger partial charge in [0.1, 0.15) is 0 Å². The van der Waals surface area contributed by atoms with Gasteiger partial charge in [-0.15, -0.1) is 0 Å². The fraction of sp³-hybridized carbons (Fsp3) is 0.756. The minimum atomic E-state index is 0.589. The summed E-state index contributed by atoms with van der Waals surface area (Å²) in [5.74, 6) is 2.79. The summed E-state index contributed by atoms with van der Waals surface area (Å²) in [6.45, 7) is 19.7. The van der Waals surface area contributed by atoms with E-state index in [4.69, 9.17) is 0 Å². The van der Waals surface area contributed by atoms with Crippen LogP contribution in [0.25, 0.3) is 0 Å². The number of likely N-dealkylation sites (tertiary alicyclic amines) is 2. The van der Waals surface area contributed by atoms with Gasteiger partial charge in [-0.25, -0.2) is 9.97 Å². The van der Waals surface area contributed by atoms with Crippen molar-refractivity contribution in [3.63, 3.8) is 0 Å². The number of benzene rings is 1. The van der Waals surface area contributed by atoms with Crippen LogP contribution in [-0.4, -0.2) is 111 Å². The fourth-order valence-electron chi connectivity index (χ4n) is 9.89. The Morgan fingerprint density at radius 2 is 0.980 bits per heavy atom. The number of aromatic nitrogens is 2. The molecule has 8 nitrogen and oxygen atoms in total. The highest BCUT2D eigenvalue weighted by Crippen LogP contribution is 2.43. The quantitative estimate of drug-likeness (QED) is 0.398. The molecule has 0 amide bonds. The van der Waals surface area contributed by atoms with Crippen molar-refractivity contribution >= 4 is 11.6 Å². The van der Waals surface area contributed by atoms with E-state index < -0.39 is 0 Å². The molecule has 8 rings (SSSR count). The van der Waals surface area contributed by atoms with Crippen molar-refractivity contribution in [1.29, 1.82) is 0 Å². The minimum Gasteiger partial charge on any atom is -0.371 e. The molecule has 6 aliphatic rings. The standard InChI is InChI=1S/C21H33N3.C20H33N5/c1-2-4-20(5-3-1)24-16-10-21(11-17-24)8-14-23(15-9-21)18-19-6-12-22-13-7-19;1-17-14-22-19(23-15-17)25-12-6-20(7-13-25)4-10-24(11-5-20)16-18-2-8-21-9-3-18/h1-5,19,22H,6-18H2;14-15,18,21H,2-13,16H2,1H3. The Morgan fingerprint density at radius 3 is 1.43 bits per heavy atom. The van der Waals surface area contributed by atoms with Crippen LogP contribution >= 0.6 is 0 Å². The summed E-state index contributed by atoms with van der Waals surface area (Å²) in [5.41, 5.74) is 3.79. The van der Waals surface area contributed by atoms with Crippen LogP contribution in [0.4, 0.5) is 11.6 Å². The lowest BCUT2D eigenvalue weighted by molar-refractivity contribution is 0.0669. The molecule has 270 valence electrons. The maximum atomic E-state index is 4.51. The Balaban J connectivity index is 0.000000154. The Bertz CT molecular complexity index is 1220. The molecule has 49 heavy (non-hydrogen) atoms. The summed E-state index contributed by atoms with van der Waals surface area (Å²) in [5, 5.41) is 6.98. The molecule has 8 heteroatoms. The van der Waals surface area contributed by atoms with Gasteiger partial charge in [0.05, 0.1) is 0 Å². The molecule has 0 aliphatic carbocycles. The molecular formula is C41H66N8. The van der Waals surface area contributed by atoms with Gasteiger partial charge >= 0.3 is 0 Å². The minimum absolute atomic E-state index is 0.589. The molecule has 6 fully saturated rings. The third-order valence-corrected chi connectivity index (χ3v) is 13.6. The topological polar surface area (TPSA) is 62.8 Å². The van der Waals surface area contributed by atoms with E-state index in [0.717, 1.165) is 36.4 Å². The number of aryl methyl sites for hydroxylation is 1. The third kappa shape index (κ3) is 9.55. The normalized spacial score (nSPS) is 25.7. The maximum absolute atomic E-state index is 4.51. The van der Waals surface area contributed by atoms with Gasteiger partial charge in [0.2, 0.25) is 5.95 Å². The van der Waals surface area contributed by atoms with Gasteiger partial charge in [0, 0.05) is 57.3 Å². The van der Waals surface area contributed by atoms with Gasteiger partial charge in [-0.2, -0.15) is 0 Å². The van der Waals surface area contributed by atoms with E-state index in [1.807, 2.05) is 19.3 Å². The fourth-order valence-corrected chi connectivity index (χ4v) is 9.89. The van der Waals surface area contributed by atoms with E-state index in [1.165, 1.54) is 161 Å². The highest BCUT2D eigenvalue weighted by Gasteiger charge is 2.39. The molecule has 2 spiro atoms. The highest BCUT2D eigenvalue weighted by molar-refractivity contribution is 5.46. The molecule has 2 N–H and O–H groups in total. The second kappa shape index (κ2) is 16.8. The lowest BCUT2D eigenvalue weighted by atomic mass is 9.71. The Labute approximate surface area is 297 Å². The number of nitrogens with one attached hydrogen (secondary N) is 2. The van der Waals surface area contributed by atoms with Gasteiger partial charge < -0.3 is 30.2 Å². The van der Waals surface area contributed by atoms with E-state index in [9.17, 15) is 0 Å². The molecule has 1 aromatic heterocycles. The Kier molecular flexibility index (Phi) is 12.1. The van der Waals surface area contributed by atoms with Crippen LogP contribution in [0, 0.1) is 29.6 Å². The van der Waals surface area contributed by atoms with Gasteiger partial charge in [-0.1, -0.05) is 18.2 Å². The monoisotopic (exact) mass is 671 g/mol. The Morgan fingerprint density at radius 1 is 0.571 bits per heavy atom. The molecule has 0 radical (unpaired) electrons. The average Bonchev–Trinajstić information content (AvgIpc) is 3.16. The zero-order chi connectivity index (χ0) is 33.4. The molecule has 7 heterocycles. The van der Waals surface area contributed by atoms with Gasteiger partial charge in [-0.05, 0) is 177 Å². The number of piperidine rings is 6. The molecule has 0 atom stereocenters. The number of anilines is 2. The first-order valence-electron chi connectivity index (χ1n) is 20.3. The van der Waals surface area contributed by atoms with Crippen LogP contribution in [0.5, 0.6) is 0 Å². The summed E-state index contributed by atoms with van der Waals surface area (Å²) < 4.78 is 0. The molecule has 6 aliphatic heterocycles. The predicted octanol–water partition coefficient (Wildman–Crippen LogP) is 5.84. The number of nitrogens with zero attached hydrogens (tertiary/aromatic N) is 6. The second-order valence-electron chi connectivity index (χ2n) is 16.9. The van der Waals surface area contributed by atoms with E-state index >= 15 is 0 Å². The molecule has 0 saturated carbocycles. The van der Waals surface area contributed by atoms with Crippen LogP contribution in [0.15, 0.2) is 42.7 Å². The first-order chi connectivity index (χ1) is 24.1. The first kappa shape index (κ1) is 35.2. The van der Waals surface area contributed by atoms with Crippen molar-refractivity contribution < 1.29 is 0 Å². The van der Waals surface area contributed by atoms with Crippen LogP contribution in [0.1, 0.15) is 82.6 Å². The highest BCUT2D eigenvalue weighted by atomic mass is 15.3.